The second kappa shape index (κ2) is 3.72. The van der Waals surface area contributed by atoms with Crippen LogP contribution in [0.4, 0.5) is 0 Å². The SMILES string of the molecule is C=C(C[C@H](O)C(=O)O)C(=O)O. The molecule has 0 unspecified atom stereocenters. The summed E-state index contributed by atoms with van der Waals surface area (Å²) in [5.41, 5.74) is -0.320. The third-order valence-corrected chi connectivity index (χ3v) is 1.03. The van der Waals surface area contributed by atoms with E-state index in [1.54, 1.807) is 0 Å². The molecule has 0 aliphatic carbocycles. The molecule has 0 spiro atoms. The van der Waals surface area contributed by atoms with Crippen LogP contribution >= 0.6 is 0 Å². The zero-order valence-electron chi connectivity index (χ0n) is 5.65. The van der Waals surface area contributed by atoms with Crippen molar-refractivity contribution in [1.29, 1.82) is 0 Å². The van der Waals surface area contributed by atoms with E-state index in [9.17, 15) is 9.59 Å². The van der Waals surface area contributed by atoms with Crippen molar-refractivity contribution in [2.24, 2.45) is 0 Å². The number of carboxylic acid groups (broad SMARTS) is 2. The zero-order valence-corrected chi connectivity index (χ0v) is 5.65. The van der Waals surface area contributed by atoms with Crippen LogP contribution in [0, 0.1) is 0 Å². The summed E-state index contributed by atoms with van der Waals surface area (Å²) in [6, 6.07) is 0. The molecule has 1 atom stereocenters. The van der Waals surface area contributed by atoms with Crippen LogP contribution in [0.3, 0.4) is 0 Å². The Morgan fingerprint density at radius 2 is 1.82 bits per heavy atom. The van der Waals surface area contributed by atoms with Crippen molar-refractivity contribution in [3.63, 3.8) is 0 Å². The molecule has 0 fully saturated rings. The molecule has 0 radical (unpaired) electrons. The van der Waals surface area contributed by atoms with Gasteiger partial charge in [0.2, 0.25) is 0 Å². The normalized spacial score (nSPS) is 12.1. The predicted octanol–water partition coefficient (Wildman–Crippen LogP) is -0.537. The lowest BCUT2D eigenvalue weighted by atomic mass is 10.1. The van der Waals surface area contributed by atoms with Crippen molar-refractivity contribution in [2.45, 2.75) is 12.5 Å². The van der Waals surface area contributed by atoms with E-state index in [1.165, 1.54) is 0 Å². The van der Waals surface area contributed by atoms with E-state index in [-0.39, 0.29) is 5.57 Å². The number of hydrogen-bond acceptors (Lipinski definition) is 3. The highest BCUT2D eigenvalue weighted by Crippen LogP contribution is 2.02. The smallest absolute Gasteiger partial charge is 0.332 e. The van der Waals surface area contributed by atoms with Crippen molar-refractivity contribution in [2.75, 3.05) is 0 Å². The van der Waals surface area contributed by atoms with Gasteiger partial charge in [0.1, 0.15) is 0 Å². The molecule has 0 aromatic carbocycles. The first-order valence-corrected chi connectivity index (χ1v) is 2.77. The lowest BCUT2D eigenvalue weighted by Crippen LogP contribution is -2.21. The predicted molar refractivity (Wildman–Crippen MR) is 35.0 cm³/mol. The van der Waals surface area contributed by atoms with Gasteiger partial charge < -0.3 is 15.3 Å². The average molecular weight is 160 g/mol. The molecule has 62 valence electrons. The maximum Gasteiger partial charge on any atom is 0.332 e. The van der Waals surface area contributed by atoms with Gasteiger partial charge in [-0.15, -0.1) is 0 Å². The van der Waals surface area contributed by atoms with Crippen molar-refractivity contribution in [3.8, 4) is 0 Å². The largest absolute Gasteiger partial charge is 0.479 e. The second-order valence-electron chi connectivity index (χ2n) is 1.97. The van der Waals surface area contributed by atoms with E-state index in [4.69, 9.17) is 15.3 Å². The van der Waals surface area contributed by atoms with Gasteiger partial charge in [-0.1, -0.05) is 6.58 Å². The van der Waals surface area contributed by atoms with Gasteiger partial charge in [0.15, 0.2) is 6.10 Å². The van der Waals surface area contributed by atoms with E-state index in [0.29, 0.717) is 0 Å². The Labute approximate surface area is 62.6 Å². The molecule has 0 heterocycles. The van der Waals surface area contributed by atoms with Gasteiger partial charge in [-0.05, 0) is 0 Å². The summed E-state index contributed by atoms with van der Waals surface area (Å²) in [5.74, 6) is -2.75. The summed E-state index contributed by atoms with van der Waals surface area (Å²) in [6.45, 7) is 3.05. The van der Waals surface area contributed by atoms with E-state index in [1.807, 2.05) is 0 Å². The van der Waals surface area contributed by atoms with Crippen LogP contribution in [0.15, 0.2) is 12.2 Å². The number of aliphatic hydroxyl groups excluding tert-OH is 1. The number of aliphatic carboxylic acids is 2. The van der Waals surface area contributed by atoms with Crippen molar-refractivity contribution in [1.82, 2.24) is 0 Å². The minimum atomic E-state index is -1.68. The van der Waals surface area contributed by atoms with Gasteiger partial charge in [-0.25, -0.2) is 9.59 Å². The quantitative estimate of drug-likeness (QED) is 0.480. The average Bonchev–Trinajstić information content (AvgIpc) is 1.87. The molecule has 0 aliphatic rings. The Balaban J connectivity index is 3.95. The summed E-state index contributed by atoms with van der Waals surface area (Å²) in [4.78, 5) is 20.0. The molecule has 0 saturated heterocycles. The van der Waals surface area contributed by atoms with Gasteiger partial charge in [0, 0.05) is 12.0 Å². The molecule has 3 N–H and O–H groups in total. The fourth-order valence-electron chi connectivity index (χ4n) is 0.408. The zero-order chi connectivity index (χ0) is 9.02. The minimum Gasteiger partial charge on any atom is -0.479 e. The minimum absolute atomic E-state index is 0.320. The maximum absolute atomic E-state index is 10.1. The Kier molecular flexibility index (Phi) is 3.26. The highest BCUT2D eigenvalue weighted by molar-refractivity contribution is 5.87. The van der Waals surface area contributed by atoms with E-state index in [2.05, 4.69) is 6.58 Å². The molecule has 5 heteroatoms. The van der Waals surface area contributed by atoms with Crippen LogP contribution < -0.4 is 0 Å². The molecule has 0 rings (SSSR count). The lowest BCUT2D eigenvalue weighted by molar-refractivity contribution is -0.146. The van der Waals surface area contributed by atoms with Gasteiger partial charge in [-0.2, -0.15) is 0 Å². The molecule has 0 saturated carbocycles. The van der Waals surface area contributed by atoms with Crippen LogP contribution in [-0.2, 0) is 9.59 Å². The Bertz CT molecular complexity index is 195. The second-order valence-corrected chi connectivity index (χ2v) is 1.97. The van der Waals surface area contributed by atoms with E-state index in [0.717, 1.165) is 0 Å². The fraction of sp³-hybridized carbons (Fsp3) is 0.333. The first kappa shape index (κ1) is 9.64. The fourth-order valence-corrected chi connectivity index (χ4v) is 0.408. The van der Waals surface area contributed by atoms with Crippen molar-refractivity contribution < 1.29 is 24.9 Å². The van der Waals surface area contributed by atoms with Crippen LogP contribution in [0.1, 0.15) is 6.42 Å². The molecule has 0 bridgehead atoms. The van der Waals surface area contributed by atoms with Crippen LogP contribution in [0.2, 0.25) is 0 Å². The van der Waals surface area contributed by atoms with E-state index >= 15 is 0 Å². The number of carbonyl (C=O) groups is 2. The summed E-state index contributed by atoms with van der Waals surface area (Å²) in [5, 5.41) is 25.0. The Morgan fingerprint density at radius 3 is 2.09 bits per heavy atom. The van der Waals surface area contributed by atoms with Crippen LogP contribution in [0.25, 0.3) is 0 Å². The summed E-state index contributed by atoms with van der Waals surface area (Å²) < 4.78 is 0. The molecule has 11 heavy (non-hydrogen) atoms. The molecular weight excluding hydrogens is 152 g/mol. The van der Waals surface area contributed by atoms with Crippen LogP contribution in [-0.4, -0.2) is 33.4 Å². The van der Waals surface area contributed by atoms with Gasteiger partial charge in [0.25, 0.3) is 0 Å². The first-order valence-electron chi connectivity index (χ1n) is 2.77. The van der Waals surface area contributed by atoms with Crippen molar-refractivity contribution in [3.05, 3.63) is 12.2 Å². The Hall–Kier alpha value is -1.36. The molecule has 0 aromatic heterocycles. The molecule has 5 nitrogen and oxygen atoms in total. The van der Waals surface area contributed by atoms with Crippen molar-refractivity contribution >= 4 is 11.9 Å². The summed E-state index contributed by atoms with van der Waals surface area (Å²) in [6.07, 6.45) is -2.14. The molecule has 0 amide bonds. The monoisotopic (exact) mass is 160 g/mol. The highest BCUT2D eigenvalue weighted by Gasteiger charge is 2.17. The van der Waals surface area contributed by atoms with E-state index < -0.39 is 24.5 Å². The van der Waals surface area contributed by atoms with Gasteiger partial charge in [0.05, 0.1) is 0 Å². The van der Waals surface area contributed by atoms with Crippen LogP contribution in [0.5, 0.6) is 0 Å². The number of rotatable bonds is 4. The number of aliphatic hydroxyl groups is 1. The standard InChI is InChI=1S/C6H8O5/c1-3(5(8)9)2-4(7)6(10)11/h4,7H,1-2H2,(H,8,9)(H,10,11)/t4-/m0/s1. The Morgan fingerprint density at radius 1 is 1.36 bits per heavy atom. The first-order chi connectivity index (χ1) is 4.95. The molecule has 0 aliphatic heterocycles. The van der Waals surface area contributed by atoms with Gasteiger partial charge in [-0.3, -0.25) is 0 Å². The number of hydrogen-bond donors (Lipinski definition) is 3. The third kappa shape index (κ3) is 3.36. The van der Waals surface area contributed by atoms with Gasteiger partial charge >= 0.3 is 11.9 Å². The highest BCUT2D eigenvalue weighted by atomic mass is 16.4. The lowest BCUT2D eigenvalue weighted by Gasteiger charge is -2.03. The third-order valence-electron chi connectivity index (χ3n) is 1.03. The maximum atomic E-state index is 10.1. The molecular formula is C6H8O5. The topological polar surface area (TPSA) is 94.8 Å². The molecule has 0 aromatic rings. The number of carboxylic acids is 2. The summed E-state index contributed by atoms with van der Waals surface area (Å²) in [7, 11) is 0. The summed E-state index contributed by atoms with van der Waals surface area (Å²) >= 11 is 0.